The molecule has 2 heterocycles. The van der Waals surface area contributed by atoms with Crippen molar-refractivity contribution in [1.82, 2.24) is 9.47 Å². The number of halogens is 1. The average molecular weight is 380 g/mol. The van der Waals surface area contributed by atoms with Gasteiger partial charge in [0.25, 0.3) is 11.5 Å². The Bertz CT molecular complexity index is 1090. The quantitative estimate of drug-likeness (QED) is 0.702. The fourth-order valence-electron chi connectivity index (χ4n) is 3.71. The van der Waals surface area contributed by atoms with Gasteiger partial charge in [-0.2, -0.15) is 0 Å². The summed E-state index contributed by atoms with van der Waals surface area (Å²) in [5.41, 5.74) is 1.75. The minimum atomic E-state index is -0.284. The van der Waals surface area contributed by atoms with Crippen molar-refractivity contribution < 1.29 is 13.9 Å². The van der Waals surface area contributed by atoms with Crippen LogP contribution in [0.25, 0.3) is 10.9 Å². The first kappa shape index (κ1) is 18.4. The van der Waals surface area contributed by atoms with Crippen LogP contribution in [0.3, 0.4) is 0 Å². The molecule has 2 aromatic carbocycles. The van der Waals surface area contributed by atoms with Gasteiger partial charge >= 0.3 is 0 Å². The minimum Gasteiger partial charge on any atom is -0.374 e. The normalized spacial score (nSPS) is 17.1. The molecule has 0 aliphatic carbocycles. The number of carbonyl (C=O) groups excluding carboxylic acids is 1. The number of carbonyl (C=O) groups is 1. The number of para-hydroxylation sites is 1. The number of ether oxygens (including phenoxy) is 1. The predicted octanol–water partition coefficient (Wildman–Crippen LogP) is 2.76. The first-order valence-electron chi connectivity index (χ1n) is 9.27. The van der Waals surface area contributed by atoms with Crippen LogP contribution in [0.4, 0.5) is 4.39 Å². The molecule has 1 atom stereocenters. The number of morpholine rings is 1. The molecule has 5 nitrogen and oxygen atoms in total. The van der Waals surface area contributed by atoms with Crippen LogP contribution < -0.4 is 5.56 Å². The highest BCUT2D eigenvalue weighted by Gasteiger charge is 2.27. The number of benzene rings is 2. The highest BCUT2D eigenvalue weighted by Crippen LogP contribution is 2.20. The van der Waals surface area contributed by atoms with Crippen LogP contribution in [0.1, 0.15) is 15.9 Å². The highest BCUT2D eigenvalue weighted by molar-refractivity contribution is 6.06. The molecule has 1 amide bonds. The summed E-state index contributed by atoms with van der Waals surface area (Å²) in [6.45, 7) is 1.27. The van der Waals surface area contributed by atoms with Crippen LogP contribution in [-0.2, 0) is 18.2 Å². The molecule has 4 rings (SSSR count). The maximum absolute atomic E-state index is 13.4. The molecule has 0 bridgehead atoms. The summed E-state index contributed by atoms with van der Waals surface area (Å²) < 4.78 is 20.8. The Labute approximate surface area is 162 Å². The van der Waals surface area contributed by atoms with Crippen molar-refractivity contribution in [2.45, 2.75) is 12.5 Å². The maximum atomic E-state index is 13.4. The standard InChI is InChI=1S/C22H21FN2O3/c1-24-20-8-3-2-7-18(20)19(13-21(24)26)22(27)25-9-10-28-17(14-25)12-15-5-4-6-16(23)11-15/h2-8,11,13,17H,9-10,12,14H2,1H3/t17-/m0/s1. The monoisotopic (exact) mass is 380 g/mol. The van der Waals surface area contributed by atoms with Crippen molar-refractivity contribution >= 4 is 16.8 Å². The van der Waals surface area contributed by atoms with Crippen molar-refractivity contribution in [3.05, 3.63) is 81.9 Å². The van der Waals surface area contributed by atoms with Crippen LogP contribution in [0, 0.1) is 5.82 Å². The number of aromatic nitrogens is 1. The largest absolute Gasteiger partial charge is 0.374 e. The summed E-state index contributed by atoms with van der Waals surface area (Å²) in [4.78, 5) is 27.2. The van der Waals surface area contributed by atoms with Gasteiger partial charge in [0.2, 0.25) is 0 Å². The lowest BCUT2D eigenvalue weighted by atomic mass is 10.0. The molecule has 1 saturated heterocycles. The lowest BCUT2D eigenvalue weighted by Gasteiger charge is -2.33. The van der Waals surface area contributed by atoms with Crippen LogP contribution in [0.15, 0.2) is 59.4 Å². The molecular formula is C22H21FN2O3. The average Bonchev–Trinajstić information content (AvgIpc) is 2.70. The van der Waals surface area contributed by atoms with Gasteiger partial charge in [-0.15, -0.1) is 0 Å². The van der Waals surface area contributed by atoms with Crippen molar-refractivity contribution in [3.63, 3.8) is 0 Å². The first-order valence-corrected chi connectivity index (χ1v) is 9.27. The lowest BCUT2D eigenvalue weighted by molar-refractivity contribution is -0.0207. The molecule has 1 aliphatic rings. The summed E-state index contributed by atoms with van der Waals surface area (Å²) in [6, 6.07) is 15.2. The van der Waals surface area contributed by atoms with Gasteiger partial charge in [-0.05, 0) is 23.8 Å². The number of fused-ring (bicyclic) bond motifs is 1. The number of nitrogens with zero attached hydrogens (tertiary/aromatic N) is 2. The third-order valence-electron chi connectivity index (χ3n) is 5.16. The zero-order chi connectivity index (χ0) is 19.7. The number of hydrogen-bond donors (Lipinski definition) is 0. The third-order valence-corrected chi connectivity index (χ3v) is 5.16. The Morgan fingerprint density at radius 3 is 2.82 bits per heavy atom. The van der Waals surface area contributed by atoms with E-state index in [1.165, 1.54) is 22.8 Å². The molecule has 0 saturated carbocycles. The maximum Gasteiger partial charge on any atom is 0.254 e. The van der Waals surface area contributed by atoms with Crippen LogP contribution >= 0.6 is 0 Å². The van der Waals surface area contributed by atoms with E-state index in [-0.39, 0.29) is 23.4 Å². The molecule has 6 heteroatoms. The zero-order valence-electron chi connectivity index (χ0n) is 15.6. The van der Waals surface area contributed by atoms with Crippen molar-refractivity contribution in [2.75, 3.05) is 19.7 Å². The van der Waals surface area contributed by atoms with Gasteiger partial charge in [-0.25, -0.2) is 4.39 Å². The van der Waals surface area contributed by atoms with Crippen LogP contribution in [0.2, 0.25) is 0 Å². The number of hydrogen-bond acceptors (Lipinski definition) is 3. The van der Waals surface area contributed by atoms with E-state index in [2.05, 4.69) is 0 Å². The van der Waals surface area contributed by atoms with Gasteiger partial charge in [0.15, 0.2) is 0 Å². The molecule has 0 spiro atoms. The smallest absolute Gasteiger partial charge is 0.254 e. The lowest BCUT2D eigenvalue weighted by Crippen LogP contribution is -2.46. The second-order valence-electron chi connectivity index (χ2n) is 7.05. The van der Waals surface area contributed by atoms with Crippen LogP contribution in [-0.4, -0.2) is 41.2 Å². The summed E-state index contributed by atoms with van der Waals surface area (Å²) in [6.07, 6.45) is 0.316. The van der Waals surface area contributed by atoms with E-state index in [4.69, 9.17) is 4.74 Å². The molecule has 1 fully saturated rings. The van der Waals surface area contributed by atoms with E-state index in [0.717, 1.165) is 16.5 Å². The van der Waals surface area contributed by atoms with Gasteiger partial charge in [0.05, 0.1) is 23.8 Å². The third kappa shape index (κ3) is 3.55. The second kappa shape index (κ2) is 7.56. The molecule has 1 aliphatic heterocycles. The molecule has 0 unspecified atom stereocenters. The van der Waals surface area contributed by atoms with Gasteiger partial charge < -0.3 is 14.2 Å². The fraction of sp³-hybridized carbons (Fsp3) is 0.273. The van der Waals surface area contributed by atoms with Crippen molar-refractivity contribution in [3.8, 4) is 0 Å². The van der Waals surface area contributed by atoms with E-state index >= 15 is 0 Å². The van der Waals surface area contributed by atoms with E-state index < -0.39 is 0 Å². The summed E-state index contributed by atoms with van der Waals surface area (Å²) in [5, 5.41) is 0.753. The number of aryl methyl sites for hydroxylation is 1. The Morgan fingerprint density at radius 1 is 1.18 bits per heavy atom. The number of rotatable bonds is 3. The SMILES string of the molecule is Cn1c(=O)cc(C(=O)N2CCO[C@@H](Cc3cccc(F)c3)C2)c2ccccc21. The second-order valence-corrected chi connectivity index (χ2v) is 7.05. The Morgan fingerprint density at radius 2 is 2.00 bits per heavy atom. The molecule has 28 heavy (non-hydrogen) atoms. The number of pyridine rings is 1. The van der Waals surface area contributed by atoms with Crippen molar-refractivity contribution in [2.24, 2.45) is 7.05 Å². The molecule has 0 radical (unpaired) electrons. The topological polar surface area (TPSA) is 51.5 Å². The molecule has 1 aromatic heterocycles. The Hall–Kier alpha value is -2.99. The predicted molar refractivity (Wildman–Crippen MR) is 105 cm³/mol. The van der Waals surface area contributed by atoms with E-state index in [1.54, 1.807) is 18.0 Å². The molecule has 3 aromatic rings. The Balaban J connectivity index is 1.59. The van der Waals surface area contributed by atoms with Crippen LogP contribution in [0.5, 0.6) is 0 Å². The zero-order valence-corrected chi connectivity index (χ0v) is 15.6. The summed E-state index contributed by atoms with van der Waals surface area (Å²) in [5.74, 6) is -0.464. The summed E-state index contributed by atoms with van der Waals surface area (Å²) in [7, 11) is 1.70. The van der Waals surface area contributed by atoms with Crippen molar-refractivity contribution in [1.29, 1.82) is 0 Å². The highest BCUT2D eigenvalue weighted by atomic mass is 19.1. The fourth-order valence-corrected chi connectivity index (χ4v) is 3.71. The molecule has 144 valence electrons. The van der Waals surface area contributed by atoms with Gasteiger partial charge in [-0.3, -0.25) is 9.59 Å². The Kier molecular flexibility index (Phi) is 4.96. The van der Waals surface area contributed by atoms with E-state index in [1.807, 2.05) is 30.3 Å². The van der Waals surface area contributed by atoms with E-state index in [9.17, 15) is 14.0 Å². The molecular weight excluding hydrogens is 359 g/mol. The minimum absolute atomic E-state index is 0.179. The van der Waals surface area contributed by atoms with Gasteiger partial charge in [0, 0.05) is 38.0 Å². The van der Waals surface area contributed by atoms with E-state index in [0.29, 0.717) is 31.7 Å². The van der Waals surface area contributed by atoms with Gasteiger partial charge in [-0.1, -0.05) is 30.3 Å². The molecule has 0 N–H and O–H groups in total. The first-order chi connectivity index (χ1) is 13.5. The van der Waals surface area contributed by atoms with Gasteiger partial charge in [0.1, 0.15) is 5.82 Å². The summed E-state index contributed by atoms with van der Waals surface area (Å²) >= 11 is 0. The number of amides is 1.